The molecule has 2 rings (SSSR count). The Kier molecular flexibility index (Phi) is 41.7. The highest BCUT2D eigenvalue weighted by molar-refractivity contribution is 6.30. The van der Waals surface area contributed by atoms with Crippen molar-refractivity contribution < 1.29 is 44.5 Å². The third-order valence-electron chi connectivity index (χ3n) is 14.6. The van der Waals surface area contributed by atoms with Gasteiger partial charge in [-0.25, -0.2) is 0 Å². The van der Waals surface area contributed by atoms with Crippen molar-refractivity contribution in [1.29, 1.82) is 0 Å². The summed E-state index contributed by atoms with van der Waals surface area (Å²) in [5.74, 6) is -0.237. The Bertz CT molecular complexity index is 1310. The van der Waals surface area contributed by atoms with Crippen LogP contribution >= 0.6 is 11.6 Å². The van der Waals surface area contributed by atoms with Crippen LogP contribution in [0.2, 0.25) is 5.02 Å². The molecule has 0 saturated carbocycles. The molecule has 0 aliphatic carbocycles. The van der Waals surface area contributed by atoms with Crippen LogP contribution in [-0.4, -0.2) is 100 Å². The van der Waals surface area contributed by atoms with Crippen LogP contribution in [0, 0.1) is 0 Å². The van der Waals surface area contributed by atoms with Gasteiger partial charge in [0.2, 0.25) is 5.91 Å². The minimum absolute atomic E-state index is 0.237. The van der Waals surface area contributed by atoms with Crippen molar-refractivity contribution in [2.45, 2.75) is 313 Å². The summed E-state index contributed by atoms with van der Waals surface area (Å²) in [6, 6.07) is 6.56. The summed E-state index contributed by atoms with van der Waals surface area (Å²) in [6.45, 7) is 4.04. The third kappa shape index (κ3) is 32.8. The van der Waals surface area contributed by atoms with E-state index in [1.165, 1.54) is 186 Å². The zero-order chi connectivity index (χ0) is 50.7. The van der Waals surface area contributed by atoms with E-state index in [1.54, 1.807) is 0 Å². The zero-order valence-corrected chi connectivity index (χ0v) is 45.6. The fourth-order valence-electron chi connectivity index (χ4n) is 9.95. The molecule has 1 aromatic carbocycles. The number of aliphatic hydroxyl groups is 5. The first-order valence-corrected chi connectivity index (χ1v) is 29.8. The number of amides is 1. The highest BCUT2D eigenvalue weighted by atomic mass is 35.5. The van der Waals surface area contributed by atoms with E-state index in [1.807, 2.05) is 24.3 Å². The smallest absolute Gasteiger partial charge is 0.220 e. The maximum absolute atomic E-state index is 13.3. The van der Waals surface area contributed by atoms with Gasteiger partial charge in [0, 0.05) is 18.1 Å². The summed E-state index contributed by atoms with van der Waals surface area (Å²) in [5, 5.41) is 58.4. The molecule has 0 bridgehead atoms. The molecule has 70 heavy (non-hydrogen) atoms. The Labute approximate surface area is 433 Å². The van der Waals surface area contributed by atoms with E-state index in [0.29, 0.717) is 24.3 Å². The molecule has 0 aromatic heterocycles. The number of nitrogens with one attached hydrogen (secondary N) is 1. The van der Waals surface area contributed by atoms with Gasteiger partial charge in [-0.3, -0.25) is 4.79 Å². The fourth-order valence-corrected chi connectivity index (χ4v) is 10.1. The van der Waals surface area contributed by atoms with E-state index in [9.17, 15) is 30.3 Å². The van der Waals surface area contributed by atoms with Gasteiger partial charge >= 0.3 is 0 Å². The summed E-state index contributed by atoms with van der Waals surface area (Å²) in [6.07, 6.45) is 37.8. The number of rotatable bonds is 49. The van der Waals surface area contributed by atoms with E-state index >= 15 is 0 Å². The van der Waals surface area contributed by atoms with Crippen molar-refractivity contribution in [1.82, 2.24) is 5.32 Å². The summed E-state index contributed by atoms with van der Waals surface area (Å²) < 4.78 is 17.8. The Morgan fingerprint density at radius 3 is 1.43 bits per heavy atom. The highest BCUT2D eigenvalue weighted by Crippen LogP contribution is 2.26. The molecule has 10 nitrogen and oxygen atoms in total. The molecule has 1 aliphatic rings. The van der Waals surface area contributed by atoms with Gasteiger partial charge < -0.3 is 45.1 Å². The molecule has 6 N–H and O–H groups in total. The molecule has 1 aromatic rings. The molecule has 1 amide bonds. The number of hydrogen-bond acceptors (Lipinski definition) is 9. The van der Waals surface area contributed by atoms with Crippen LogP contribution in [0.5, 0.6) is 0 Å². The van der Waals surface area contributed by atoms with Crippen LogP contribution in [0.25, 0.3) is 0 Å². The fraction of sp³-hybridized carbons (Fsp3) is 0.881. The van der Waals surface area contributed by atoms with Crippen LogP contribution in [0.15, 0.2) is 24.3 Å². The van der Waals surface area contributed by atoms with Crippen LogP contribution in [0.1, 0.15) is 263 Å². The van der Waals surface area contributed by atoms with Crippen LogP contribution in [0.3, 0.4) is 0 Å². The average molecular weight is 1010 g/mol. The summed E-state index contributed by atoms with van der Waals surface area (Å²) in [7, 11) is 0. The van der Waals surface area contributed by atoms with Crippen LogP contribution in [0.4, 0.5) is 0 Å². The number of benzene rings is 1. The van der Waals surface area contributed by atoms with Crippen molar-refractivity contribution in [3.05, 3.63) is 34.9 Å². The van der Waals surface area contributed by atoms with E-state index in [-0.39, 0.29) is 19.1 Å². The predicted octanol–water partition coefficient (Wildman–Crippen LogP) is 13.8. The Morgan fingerprint density at radius 2 is 1.00 bits per heavy atom. The lowest BCUT2D eigenvalue weighted by atomic mass is 9.98. The molecule has 1 aliphatic heterocycles. The van der Waals surface area contributed by atoms with Crippen molar-refractivity contribution in [3.63, 3.8) is 0 Å². The lowest BCUT2D eigenvalue weighted by Gasteiger charge is -2.42. The number of hydrogen-bond donors (Lipinski definition) is 6. The first-order valence-electron chi connectivity index (χ1n) is 29.5. The maximum atomic E-state index is 13.3. The minimum Gasteiger partial charge on any atom is -0.394 e. The Morgan fingerprint density at radius 1 is 0.586 bits per heavy atom. The second-order valence-corrected chi connectivity index (χ2v) is 21.5. The summed E-state index contributed by atoms with van der Waals surface area (Å²) >= 11 is 6.00. The number of halogens is 1. The second-order valence-electron chi connectivity index (χ2n) is 21.0. The van der Waals surface area contributed by atoms with Crippen molar-refractivity contribution in [2.75, 3.05) is 19.8 Å². The topological polar surface area (TPSA) is 158 Å². The lowest BCUT2D eigenvalue weighted by molar-refractivity contribution is -0.309. The highest BCUT2D eigenvalue weighted by Gasteiger charge is 2.46. The van der Waals surface area contributed by atoms with Gasteiger partial charge in [0.05, 0.1) is 25.4 Å². The molecule has 410 valence electrons. The van der Waals surface area contributed by atoms with Gasteiger partial charge in [-0.15, -0.1) is 0 Å². The standard InChI is InChI=1S/C59H108ClNO9/c1-3-5-7-9-11-13-15-17-18-19-20-21-22-23-24-25-26-27-29-31-33-35-37-41-54(64)61-51(55(65)52(63)40-36-34-32-30-28-16-14-12-10-8-6-4-2)48-69-59-57(67)56(66)58(53(47-62)70-59)68-46-38-39-49-42-44-50(60)45-43-49/h42-45,51-53,55-59,62-63,65-67H,3-41,46-48H2,1-2H3,(H,61,64)/t51-,52+,53+,55-,56+,57+,58-,59-/m0/s1. The molecular formula is C59H108ClNO9. The molecular weight excluding hydrogens is 902 g/mol. The Balaban J connectivity index is 1.70. The minimum atomic E-state index is -1.52. The zero-order valence-electron chi connectivity index (χ0n) is 44.9. The quantitative estimate of drug-likeness (QED) is 0.0350. The summed E-state index contributed by atoms with van der Waals surface area (Å²) in [5.41, 5.74) is 1.09. The van der Waals surface area contributed by atoms with E-state index in [2.05, 4.69) is 19.2 Å². The normalized spacial score (nSPS) is 19.6. The van der Waals surface area contributed by atoms with Crippen molar-refractivity contribution in [2.24, 2.45) is 0 Å². The Hall–Kier alpha value is -1.34. The monoisotopic (exact) mass is 1010 g/mol. The van der Waals surface area contributed by atoms with Gasteiger partial charge in [0.1, 0.15) is 30.5 Å². The van der Waals surface area contributed by atoms with E-state index in [4.69, 9.17) is 25.8 Å². The van der Waals surface area contributed by atoms with Gasteiger partial charge in [0.25, 0.3) is 0 Å². The number of carbonyl (C=O) groups is 1. The summed E-state index contributed by atoms with van der Waals surface area (Å²) in [4.78, 5) is 13.3. The maximum Gasteiger partial charge on any atom is 0.220 e. The molecule has 0 radical (unpaired) electrons. The molecule has 1 saturated heterocycles. The molecule has 11 heteroatoms. The lowest BCUT2D eigenvalue weighted by Crippen LogP contribution is -2.61. The SMILES string of the molecule is CCCCCCCCCCCCCCCCCCCCCCCCCC(=O)N[C@@H](CO[C@H]1O[C@H](CO)[C@H](OCCCc2ccc(Cl)cc2)[C@H](O)[C@H]1O)[C@H](O)[C@H](O)CCCCCCCCCCCCCC. The molecule has 0 unspecified atom stereocenters. The predicted molar refractivity (Wildman–Crippen MR) is 289 cm³/mol. The van der Waals surface area contributed by atoms with Gasteiger partial charge in [0.15, 0.2) is 6.29 Å². The molecule has 0 spiro atoms. The van der Waals surface area contributed by atoms with Crippen LogP contribution in [-0.2, 0) is 25.4 Å². The number of carbonyl (C=O) groups excluding carboxylic acids is 1. The number of ether oxygens (including phenoxy) is 3. The van der Waals surface area contributed by atoms with E-state index < -0.39 is 55.6 Å². The van der Waals surface area contributed by atoms with E-state index in [0.717, 1.165) is 50.5 Å². The van der Waals surface area contributed by atoms with Gasteiger partial charge in [-0.05, 0) is 43.4 Å². The number of aryl methyl sites for hydroxylation is 1. The second kappa shape index (κ2) is 45.1. The van der Waals surface area contributed by atoms with Crippen molar-refractivity contribution >= 4 is 17.5 Å². The van der Waals surface area contributed by atoms with Gasteiger partial charge in [-0.2, -0.15) is 0 Å². The third-order valence-corrected chi connectivity index (χ3v) is 14.9. The van der Waals surface area contributed by atoms with Crippen molar-refractivity contribution in [3.8, 4) is 0 Å². The first kappa shape index (κ1) is 64.8. The molecule has 8 atom stereocenters. The number of unbranched alkanes of at least 4 members (excludes halogenated alkanes) is 33. The van der Waals surface area contributed by atoms with Crippen LogP contribution < -0.4 is 5.32 Å². The molecule has 1 fully saturated rings. The first-order chi connectivity index (χ1) is 34.2. The molecule has 1 heterocycles. The average Bonchev–Trinajstić information content (AvgIpc) is 3.36. The van der Waals surface area contributed by atoms with Gasteiger partial charge in [-0.1, -0.05) is 256 Å². The largest absolute Gasteiger partial charge is 0.394 e. The number of aliphatic hydroxyl groups excluding tert-OH is 5.